The number of aromatic amines is 2. The molecule has 8 heteroatoms. The third-order valence-corrected chi connectivity index (χ3v) is 8.48. The molecule has 0 spiro atoms. The highest BCUT2D eigenvalue weighted by Gasteiger charge is 2.24. The lowest BCUT2D eigenvalue weighted by Crippen LogP contribution is -1.97. The van der Waals surface area contributed by atoms with Gasteiger partial charge >= 0.3 is 0 Å². The summed E-state index contributed by atoms with van der Waals surface area (Å²) >= 11 is 0. The largest absolute Gasteiger partial charge is 0.325 e. The number of rotatable bonds is 4. The number of nitrogens with zero attached hydrogens (tertiary/aromatic N) is 6. The molecule has 0 saturated heterocycles. The van der Waals surface area contributed by atoms with Crippen LogP contribution in [0, 0.1) is 11.8 Å². The second-order valence-electron chi connectivity index (χ2n) is 11.3. The summed E-state index contributed by atoms with van der Waals surface area (Å²) in [6.07, 6.45) is 37.7. The minimum Gasteiger partial charge on any atom is -0.325 e. The van der Waals surface area contributed by atoms with Crippen LogP contribution in [0.4, 0.5) is 0 Å². The van der Waals surface area contributed by atoms with E-state index in [1.807, 2.05) is 24.3 Å². The third kappa shape index (κ3) is 4.31. The zero-order valence-electron chi connectivity index (χ0n) is 23.5. The minimum absolute atomic E-state index is 0.0649. The van der Waals surface area contributed by atoms with E-state index in [2.05, 4.69) is 107 Å². The van der Waals surface area contributed by atoms with Gasteiger partial charge in [-0.3, -0.25) is 0 Å². The Morgan fingerprint density at radius 2 is 0.795 bits per heavy atom. The summed E-state index contributed by atoms with van der Waals surface area (Å²) in [5.41, 5.74) is 6.89. The first kappa shape index (κ1) is 24.8. The second kappa shape index (κ2) is 9.91. The van der Waals surface area contributed by atoms with Crippen LogP contribution in [-0.2, 0) is 0 Å². The minimum atomic E-state index is 0.0649. The van der Waals surface area contributed by atoms with Crippen LogP contribution >= 0.6 is 0 Å². The fourth-order valence-corrected chi connectivity index (χ4v) is 6.32. The molecule has 9 rings (SSSR count). The van der Waals surface area contributed by atoms with E-state index in [-0.39, 0.29) is 23.7 Å². The monoisotopic (exact) mass is 570 g/mol. The van der Waals surface area contributed by atoms with Gasteiger partial charge < -0.3 is 9.97 Å². The number of hydrogen-bond donors (Lipinski definition) is 2. The Balaban J connectivity index is 1.34. The van der Waals surface area contributed by atoms with E-state index in [1.54, 1.807) is 0 Å². The second-order valence-corrected chi connectivity index (χ2v) is 11.3. The molecule has 0 saturated carbocycles. The van der Waals surface area contributed by atoms with Crippen molar-refractivity contribution in [3.05, 3.63) is 144 Å². The Hall–Kier alpha value is -5.76. The van der Waals surface area contributed by atoms with Gasteiger partial charge in [0.2, 0.25) is 0 Å². The predicted octanol–water partition coefficient (Wildman–Crippen LogP) is 6.88. The topological polar surface area (TPSA) is 109 Å². The van der Waals surface area contributed by atoms with Crippen molar-refractivity contribution >= 4 is 45.9 Å². The Morgan fingerprint density at radius 1 is 0.409 bits per heavy atom. The number of fused-ring (bicyclic) bond motifs is 8. The van der Waals surface area contributed by atoms with Gasteiger partial charge in [0.05, 0.1) is 0 Å². The average molecular weight is 571 g/mol. The molecule has 8 nitrogen and oxygen atoms in total. The molecule has 0 fully saturated rings. The van der Waals surface area contributed by atoms with Gasteiger partial charge in [-0.1, -0.05) is 97.2 Å². The average Bonchev–Trinajstić information content (AvgIpc) is 3.86. The zero-order chi connectivity index (χ0) is 29.0. The lowest BCUT2D eigenvalue weighted by atomic mass is 10.0. The van der Waals surface area contributed by atoms with E-state index in [0.29, 0.717) is 34.6 Å². The summed E-state index contributed by atoms with van der Waals surface area (Å²) in [5, 5.41) is 0. The smallest absolute Gasteiger partial charge is 0.161 e. The molecule has 3 aromatic rings. The molecule has 0 unspecified atom stereocenters. The predicted molar refractivity (Wildman–Crippen MR) is 174 cm³/mol. The van der Waals surface area contributed by atoms with E-state index < -0.39 is 0 Å². The van der Waals surface area contributed by atoms with Crippen molar-refractivity contribution in [3.63, 3.8) is 0 Å². The van der Waals surface area contributed by atoms with Gasteiger partial charge in [0, 0.05) is 45.9 Å². The van der Waals surface area contributed by atoms with Crippen molar-refractivity contribution in [3.8, 4) is 0 Å². The standard InChI is InChI=1S/C36H26N8/c1-2-10-21(9-1)25-17-29-37-33(25)41-30-18-26(22-11-3-4-12-22)35(38-30)43-32-20-28(24-15-7-8-16-24)36(40-32)44-31-19-27(34(39-31)42-29)23-13-5-6-14-23/h1-24H,(H2,37,38,39,40,41,42,43,44). The molecule has 4 aliphatic carbocycles. The van der Waals surface area contributed by atoms with E-state index in [9.17, 15) is 0 Å². The van der Waals surface area contributed by atoms with Gasteiger partial charge in [-0.2, -0.15) is 0 Å². The van der Waals surface area contributed by atoms with Gasteiger partial charge in [0.15, 0.2) is 23.3 Å². The van der Waals surface area contributed by atoms with E-state index >= 15 is 0 Å². The number of aromatic nitrogens is 8. The molecule has 0 aromatic carbocycles. The van der Waals surface area contributed by atoms with Crippen LogP contribution in [0.3, 0.4) is 0 Å². The maximum absolute atomic E-state index is 5.08. The number of allylic oxidation sites excluding steroid dienone is 18. The SMILES string of the molecule is C1=CC(C2=Cc3nc2nc2nc(nc4cc(C5C=CC=C5)c(nc5cc(C6C=CC=C6)c(n3)[nH]5)[nH]4)C(C3C=CC=C3)=C2)C=C1. The maximum Gasteiger partial charge on any atom is 0.161 e. The molecule has 0 radical (unpaired) electrons. The third-order valence-electron chi connectivity index (χ3n) is 8.48. The van der Waals surface area contributed by atoms with E-state index in [4.69, 9.17) is 29.9 Å². The van der Waals surface area contributed by atoms with Crippen LogP contribution < -0.4 is 0 Å². The Morgan fingerprint density at radius 3 is 1.30 bits per heavy atom. The Labute approximate surface area is 252 Å². The van der Waals surface area contributed by atoms with Gasteiger partial charge in [0.1, 0.15) is 22.6 Å². The molecular formula is C36H26N8. The summed E-state index contributed by atoms with van der Waals surface area (Å²) < 4.78 is 0. The molecule has 2 aliphatic heterocycles. The van der Waals surface area contributed by atoms with Crippen molar-refractivity contribution in [2.24, 2.45) is 11.8 Å². The van der Waals surface area contributed by atoms with Gasteiger partial charge in [0.25, 0.3) is 0 Å². The molecule has 44 heavy (non-hydrogen) atoms. The first-order valence-corrected chi connectivity index (χ1v) is 14.8. The lowest BCUT2D eigenvalue weighted by Gasteiger charge is -2.05. The van der Waals surface area contributed by atoms with Gasteiger partial charge in [-0.25, -0.2) is 29.9 Å². The van der Waals surface area contributed by atoms with Crippen LogP contribution in [0.5, 0.6) is 0 Å². The van der Waals surface area contributed by atoms with Crippen LogP contribution in [0.15, 0.2) is 109 Å². The number of nitrogens with one attached hydrogen (secondary N) is 2. The number of H-pyrrole nitrogens is 2. The van der Waals surface area contributed by atoms with E-state index in [0.717, 1.165) is 33.6 Å². The molecule has 2 N–H and O–H groups in total. The highest BCUT2D eigenvalue weighted by molar-refractivity contribution is 5.86. The molecule has 210 valence electrons. The highest BCUT2D eigenvalue weighted by Crippen LogP contribution is 2.35. The summed E-state index contributed by atoms with van der Waals surface area (Å²) in [6, 6.07) is 4.14. The van der Waals surface area contributed by atoms with Crippen molar-refractivity contribution in [1.82, 2.24) is 39.9 Å². The summed E-state index contributed by atoms with van der Waals surface area (Å²) in [4.78, 5) is 36.9. The van der Waals surface area contributed by atoms with Crippen molar-refractivity contribution in [2.45, 2.75) is 11.8 Å². The molecule has 5 heterocycles. The lowest BCUT2D eigenvalue weighted by molar-refractivity contribution is 1.01. The van der Waals surface area contributed by atoms with Crippen LogP contribution in [0.2, 0.25) is 0 Å². The van der Waals surface area contributed by atoms with E-state index in [1.165, 1.54) is 0 Å². The van der Waals surface area contributed by atoms with Crippen molar-refractivity contribution in [2.75, 3.05) is 0 Å². The first-order valence-electron chi connectivity index (χ1n) is 14.8. The summed E-state index contributed by atoms with van der Waals surface area (Å²) in [6.45, 7) is 0. The fraction of sp³-hybridized carbons (Fsp3) is 0.111. The zero-order valence-corrected chi connectivity index (χ0v) is 23.5. The summed E-state index contributed by atoms with van der Waals surface area (Å²) in [5.74, 6) is 2.70. The number of hydrogen-bond acceptors (Lipinski definition) is 6. The van der Waals surface area contributed by atoms with Gasteiger partial charge in [-0.15, -0.1) is 0 Å². The quantitative estimate of drug-likeness (QED) is 0.354. The Kier molecular flexibility index (Phi) is 5.59. The molecule has 6 aliphatic rings. The molecule has 8 bridgehead atoms. The van der Waals surface area contributed by atoms with Gasteiger partial charge in [-0.05, 0) is 24.3 Å². The van der Waals surface area contributed by atoms with Crippen LogP contribution in [0.1, 0.15) is 46.3 Å². The molecular weight excluding hydrogens is 544 g/mol. The highest BCUT2D eigenvalue weighted by atomic mass is 15.1. The normalized spacial score (nSPS) is 19.0. The fourth-order valence-electron chi connectivity index (χ4n) is 6.32. The van der Waals surface area contributed by atoms with Crippen molar-refractivity contribution < 1.29 is 0 Å². The maximum atomic E-state index is 5.08. The van der Waals surface area contributed by atoms with Crippen LogP contribution in [0.25, 0.3) is 45.9 Å². The molecule has 0 atom stereocenters. The molecule has 0 amide bonds. The first-order chi connectivity index (χ1) is 21.7. The van der Waals surface area contributed by atoms with Crippen LogP contribution in [-0.4, -0.2) is 39.9 Å². The summed E-state index contributed by atoms with van der Waals surface area (Å²) in [7, 11) is 0. The Bertz CT molecular complexity index is 2160. The molecule has 3 aromatic heterocycles. The van der Waals surface area contributed by atoms with Crippen molar-refractivity contribution in [1.29, 1.82) is 0 Å².